The number of cyclic esters (lactones) is 1. The van der Waals surface area contributed by atoms with Gasteiger partial charge in [0.15, 0.2) is 0 Å². The van der Waals surface area contributed by atoms with E-state index in [0.717, 1.165) is 22.4 Å². The van der Waals surface area contributed by atoms with Crippen LogP contribution in [0.25, 0.3) is 0 Å². The van der Waals surface area contributed by atoms with Gasteiger partial charge in [-0.25, -0.2) is 4.79 Å². The second kappa shape index (κ2) is 6.99. The number of ether oxygens (including phenoxy) is 1. The molecule has 4 rings (SSSR count). The zero-order valence-electron chi connectivity index (χ0n) is 16.1. The Labute approximate surface area is 170 Å². The van der Waals surface area contributed by atoms with Crippen LogP contribution in [0.5, 0.6) is 0 Å². The molecule has 3 aromatic rings. The Morgan fingerprint density at radius 1 is 0.929 bits per heavy atom. The standard InChI is InChI=1S/C24H22ClNO2/c1-24(20-10-6-4-8-18(20)23(27)28-24)22(16-12-14-17(25)15-13-16)19-9-5-7-11-21(19)26(2)3/h4-15,22H,1-3H3/t22-,24-/m1/s1. The van der Waals surface area contributed by atoms with E-state index in [-0.39, 0.29) is 11.9 Å². The van der Waals surface area contributed by atoms with Crippen LogP contribution in [-0.2, 0) is 10.3 Å². The van der Waals surface area contributed by atoms with Gasteiger partial charge in [0.05, 0.1) is 11.5 Å². The van der Waals surface area contributed by atoms with Gasteiger partial charge in [-0.2, -0.15) is 0 Å². The van der Waals surface area contributed by atoms with Crippen molar-refractivity contribution in [2.24, 2.45) is 0 Å². The molecule has 0 aromatic heterocycles. The van der Waals surface area contributed by atoms with E-state index in [1.54, 1.807) is 0 Å². The summed E-state index contributed by atoms with van der Waals surface area (Å²) < 4.78 is 6.06. The number of esters is 1. The van der Waals surface area contributed by atoms with Crippen LogP contribution < -0.4 is 4.90 Å². The fourth-order valence-electron chi connectivity index (χ4n) is 4.20. The third kappa shape index (κ3) is 2.96. The number of anilines is 1. The Bertz CT molecular complexity index is 1030. The van der Waals surface area contributed by atoms with Crippen molar-refractivity contribution >= 4 is 23.3 Å². The highest BCUT2D eigenvalue weighted by Crippen LogP contribution is 2.51. The van der Waals surface area contributed by atoms with Gasteiger partial charge in [0.1, 0.15) is 5.60 Å². The summed E-state index contributed by atoms with van der Waals surface area (Å²) >= 11 is 6.15. The van der Waals surface area contributed by atoms with Crippen LogP contribution in [0.15, 0.2) is 72.8 Å². The third-order valence-electron chi connectivity index (χ3n) is 5.47. The first kappa shape index (κ1) is 18.6. The molecule has 0 bridgehead atoms. The van der Waals surface area contributed by atoms with Crippen molar-refractivity contribution in [2.75, 3.05) is 19.0 Å². The minimum absolute atomic E-state index is 0.184. The number of nitrogens with zero attached hydrogens (tertiary/aromatic N) is 1. The molecule has 0 saturated heterocycles. The van der Waals surface area contributed by atoms with Gasteiger partial charge in [0.25, 0.3) is 0 Å². The molecular formula is C24H22ClNO2. The highest BCUT2D eigenvalue weighted by molar-refractivity contribution is 6.30. The lowest BCUT2D eigenvalue weighted by atomic mass is 9.74. The molecule has 0 amide bonds. The van der Waals surface area contributed by atoms with Crippen molar-refractivity contribution < 1.29 is 9.53 Å². The molecule has 3 aromatic carbocycles. The predicted molar refractivity (Wildman–Crippen MR) is 113 cm³/mol. The lowest BCUT2D eigenvalue weighted by Crippen LogP contribution is -2.32. The molecule has 142 valence electrons. The molecule has 0 N–H and O–H groups in total. The van der Waals surface area contributed by atoms with Gasteiger partial charge in [0, 0.05) is 30.4 Å². The molecule has 0 saturated carbocycles. The van der Waals surface area contributed by atoms with Gasteiger partial charge in [-0.1, -0.05) is 60.1 Å². The maximum absolute atomic E-state index is 12.7. The normalized spacial score (nSPS) is 19.1. The minimum atomic E-state index is -0.826. The Morgan fingerprint density at radius 3 is 2.29 bits per heavy atom. The molecule has 1 aliphatic rings. The van der Waals surface area contributed by atoms with E-state index >= 15 is 0 Å². The highest BCUT2D eigenvalue weighted by atomic mass is 35.5. The fraction of sp³-hybridized carbons (Fsp3) is 0.208. The largest absolute Gasteiger partial charge is 0.450 e. The summed E-state index contributed by atoms with van der Waals surface area (Å²) in [6, 6.07) is 23.7. The van der Waals surface area contributed by atoms with Crippen LogP contribution in [0, 0.1) is 0 Å². The first-order valence-electron chi connectivity index (χ1n) is 9.26. The van der Waals surface area contributed by atoms with E-state index in [1.807, 2.05) is 81.7 Å². The van der Waals surface area contributed by atoms with Crippen LogP contribution in [0.1, 0.15) is 39.9 Å². The van der Waals surface area contributed by atoms with Crippen molar-refractivity contribution in [1.82, 2.24) is 0 Å². The summed E-state index contributed by atoms with van der Waals surface area (Å²) in [6.45, 7) is 2.00. The molecule has 4 heteroatoms. The minimum Gasteiger partial charge on any atom is -0.450 e. The molecular weight excluding hydrogens is 370 g/mol. The monoisotopic (exact) mass is 391 g/mol. The maximum Gasteiger partial charge on any atom is 0.339 e. The lowest BCUT2D eigenvalue weighted by molar-refractivity contribution is -0.00694. The second-order valence-corrected chi connectivity index (χ2v) is 7.92. The molecule has 3 nitrogen and oxygen atoms in total. The van der Waals surface area contributed by atoms with E-state index < -0.39 is 5.60 Å². The number of rotatable bonds is 4. The molecule has 0 aliphatic carbocycles. The van der Waals surface area contributed by atoms with Crippen LogP contribution in [0.2, 0.25) is 5.02 Å². The molecule has 1 heterocycles. The first-order chi connectivity index (χ1) is 13.4. The Kier molecular flexibility index (Phi) is 4.64. The summed E-state index contributed by atoms with van der Waals surface area (Å²) in [5, 5.41) is 0.678. The van der Waals surface area contributed by atoms with Gasteiger partial charge in [-0.3, -0.25) is 0 Å². The quantitative estimate of drug-likeness (QED) is 0.540. The van der Waals surface area contributed by atoms with E-state index in [1.165, 1.54) is 0 Å². The molecule has 28 heavy (non-hydrogen) atoms. The first-order valence-corrected chi connectivity index (χ1v) is 9.64. The zero-order chi connectivity index (χ0) is 19.9. The fourth-order valence-corrected chi connectivity index (χ4v) is 4.33. The number of hydrogen-bond donors (Lipinski definition) is 0. The van der Waals surface area contributed by atoms with Gasteiger partial charge >= 0.3 is 5.97 Å². The summed E-state index contributed by atoms with van der Waals surface area (Å²) in [5.41, 5.74) is 3.95. The van der Waals surface area contributed by atoms with Crippen molar-refractivity contribution in [3.05, 3.63) is 100 Å². The van der Waals surface area contributed by atoms with Gasteiger partial charge in [0.2, 0.25) is 0 Å². The van der Waals surface area contributed by atoms with Gasteiger partial charge in [-0.05, 0) is 42.3 Å². The molecule has 1 aliphatic heterocycles. The van der Waals surface area contributed by atoms with Crippen LogP contribution in [0.4, 0.5) is 5.69 Å². The topological polar surface area (TPSA) is 29.5 Å². The SMILES string of the molecule is CN(C)c1ccccc1[C@@H](c1ccc(Cl)cc1)[C@]1(C)OC(=O)c2ccccc21. The van der Waals surface area contributed by atoms with Crippen molar-refractivity contribution in [3.63, 3.8) is 0 Å². The molecule has 2 atom stereocenters. The smallest absolute Gasteiger partial charge is 0.339 e. The third-order valence-corrected chi connectivity index (χ3v) is 5.72. The van der Waals surface area contributed by atoms with Crippen LogP contribution in [-0.4, -0.2) is 20.1 Å². The Balaban J connectivity index is 1.98. The van der Waals surface area contributed by atoms with E-state index in [4.69, 9.17) is 16.3 Å². The van der Waals surface area contributed by atoms with E-state index in [2.05, 4.69) is 17.0 Å². The van der Waals surface area contributed by atoms with Crippen molar-refractivity contribution in [1.29, 1.82) is 0 Å². The van der Waals surface area contributed by atoms with E-state index in [9.17, 15) is 4.79 Å². The van der Waals surface area contributed by atoms with Gasteiger partial charge in [-0.15, -0.1) is 0 Å². The lowest BCUT2D eigenvalue weighted by Gasteiger charge is -2.36. The molecule has 0 fully saturated rings. The average Bonchev–Trinajstić information content (AvgIpc) is 2.95. The number of carbonyl (C=O) groups excluding carboxylic acids is 1. The number of benzene rings is 3. The second-order valence-electron chi connectivity index (χ2n) is 7.48. The summed E-state index contributed by atoms with van der Waals surface area (Å²) in [6.07, 6.45) is 0. The number of hydrogen-bond acceptors (Lipinski definition) is 3. The molecule has 0 radical (unpaired) electrons. The number of carbonyl (C=O) groups is 1. The summed E-state index contributed by atoms with van der Waals surface area (Å²) in [4.78, 5) is 14.8. The van der Waals surface area contributed by atoms with Crippen LogP contribution in [0.3, 0.4) is 0 Å². The summed E-state index contributed by atoms with van der Waals surface area (Å²) in [7, 11) is 4.05. The van der Waals surface area contributed by atoms with E-state index in [0.29, 0.717) is 10.6 Å². The predicted octanol–water partition coefficient (Wildman–Crippen LogP) is 5.62. The van der Waals surface area contributed by atoms with Gasteiger partial charge < -0.3 is 9.64 Å². The number of halogens is 1. The molecule has 0 spiro atoms. The Hall–Kier alpha value is -2.78. The maximum atomic E-state index is 12.7. The number of para-hydroxylation sites is 1. The highest BCUT2D eigenvalue weighted by Gasteiger charge is 2.49. The number of fused-ring (bicyclic) bond motifs is 1. The average molecular weight is 392 g/mol. The van der Waals surface area contributed by atoms with Crippen molar-refractivity contribution in [2.45, 2.75) is 18.4 Å². The summed E-state index contributed by atoms with van der Waals surface area (Å²) in [5.74, 6) is -0.463. The zero-order valence-corrected chi connectivity index (χ0v) is 16.9. The van der Waals surface area contributed by atoms with Crippen LogP contribution >= 0.6 is 11.6 Å². The Morgan fingerprint density at radius 2 is 1.57 bits per heavy atom. The molecule has 0 unspecified atom stereocenters. The van der Waals surface area contributed by atoms with Crippen molar-refractivity contribution in [3.8, 4) is 0 Å².